The van der Waals surface area contributed by atoms with Crippen LogP contribution in [0.15, 0.2) is 30.3 Å². The summed E-state index contributed by atoms with van der Waals surface area (Å²) in [6.45, 7) is 2.66. The van der Waals surface area contributed by atoms with Gasteiger partial charge in [-0.25, -0.2) is 0 Å². The number of carbonyl (C=O) groups excluding carboxylic acids is 1. The van der Waals surface area contributed by atoms with Gasteiger partial charge >= 0.3 is 5.97 Å². The Hall–Kier alpha value is -1.35. The summed E-state index contributed by atoms with van der Waals surface area (Å²) in [6.07, 6.45) is 3.86. The summed E-state index contributed by atoms with van der Waals surface area (Å²) in [5, 5.41) is 3.02. The molecule has 1 aromatic carbocycles. The average Bonchev–Trinajstić information content (AvgIpc) is 2.42. The molecule has 0 fully saturated rings. The number of rotatable bonds is 8. The Labute approximate surface area is 110 Å². The average molecular weight is 249 g/mol. The minimum Gasteiger partial charge on any atom is -0.465 e. The molecule has 18 heavy (non-hydrogen) atoms. The molecule has 1 aromatic rings. The van der Waals surface area contributed by atoms with Crippen molar-refractivity contribution in [3.63, 3.8) is 0 Å². The first-order chi connectivity index (χ1) is 8.77. The Kier molecular flexibility index (Phi) is 7.11. The third kappa shape index (κ3) is 5.32. The van der Waals surface area contributed by atoms with Gasteiger partial charge in [0.15, 0.2) is 0 Å². The Morgan fingerprint density at radius 3 is 2.61 bits per heavy atom. The van der Waals surface area contributed by atoms with Crippen molar-refractivity contribution in [1.29, 1.82) is 0 Å². The van der Waals surface area contributed by atoms with Crippen LogP contribution in [-0.4, -0.2) is 25.7 Å². The summed E-state index contributed by atoms with van der Waals surface area (Å²) < 4.78 is 5.27. The monoisotopic (exact) mass is 249 g/mol. The van der Waals surface area contributed by atoms with Crippen LogP contribution in [0.4, 0.5) is 0 Å². The highest BCUT2D eigenvalue weighted by molar-refractivity contribution is 5.76. The zero-order chi connectivity index (χ0) is 13.2. The number of hydrogen-bond acceptors (Lipinski definition) is 3. The molecule has 0 radical (unpaired) electrons. The van der Waals surface area contributed by atoms with Crippen LogP contribution in [-0.2, 0) is 16.0 Å². The zero-order valence-electron chi connectivity index (χ0n) is 11.3. The van der Waals surface area contributed by atoms with E-state index < -0.39 is 0 Å². The predicted molar refractivity (Wildman–Crippen MR) is 73.5 cm³/mol. The van der Waals surface area contributed by atoms with Crippen LogP contribution in [0.1, 0.15) is 31.7 Å². The van der Waals surface area contributed by atoms with Gasteiger partial charge in [0.2, 0.25) is 0 Å². The number of esters is 1. The minimum atomic E-state index is -0.256. The second-order valence-corrected chi connectivity index (χ2v) is 4.41. The number of nitrogens with one attached hydrogen (secondary N) is 1. The predicted octanol–water partition coefficient (Wildman–Crippen LogP) is 2.55. The first-order valence-corrected chi connectivity index (χ1v) is 6.65. The number of hydrogen-bond donors (Lipinski definition) is 1. The molecule has 1 N–H and O–H groups in total. The smallest absolute Gasteiger partial charge is 0.323 e. The number of benzene rings is 1. The first kappa shape index (κ1) is 14.7. The minimum absolute atomic E-state index is 0.155. The Morgan fingerprint density at radius 2 is 2.00 bits per heavy atom. The third-order valence-corrected chi connectivity index (χ3v) is 2.91. The topological polar surface area (TPSA) is 38.3 Å². The van der Waals surface area contributed by atoms with Crippen LogP contribution < -0.4 is 5.32 Å². The van der Waals surface area contributed by atoms with Crippen LogP contribution in [0.25, 0.3) is 0 Å². The summed E-state index contributed by atoms with van der Waals surface area (Å²) in [5.41, 5.74) is 1.14. The fourth-order valence-electron chi connectivity index (χ4n) is 1.78. The lowest BCUT2D eigenvalue weighted by molar-refractivity contribution is -0.146. The van der Waals surface area contributed by atoms with E-state index in [-0.39, 0.29) is 12.0 Å². The van der Waals surface area contributed by atoms with E-state index in [0.717, 1.165) is 24.8 Å². The molecule has 1 rings (SSSR count). The van der Waals surface area contributed by atoms with Crippen molar-refractivity contribution in [2.45, 2.75) is 38.6 Å². The van der Waals surface area contributed by atoms with E-state index >= 15 is 0 Å². The molecule has 0 aromatic heterocycles. The highest BCUT2D eigenvalue weighted by Gasteiger charge is 2.17. The SMILES string of the molecule is CCCCCOC(=O)[C@H](Cc1ccccc1)NC. The standard InChI is InChI=1S/C15H23NO2/c1-3-4-8-11-18-15(17)14(16-2)12-13-9-6-5-7-10-13/h5-7,9-10,14,16H,3-4,8,11-12H2,1-2H3/t14-/m0/s1. The molecule has 0 aliphatic rings. The molecule has 100 valence electrons. The van der Waals surface area contributed by atoms with E-state index in [1.807, 2.05) is 30.3 Å². The van der Waals surface area contributed by atoms with Gasteiger partial charge in [0.05, 0.1) is 6.61 Å². The second-order valence-electron chi connectivity index (χ2n) is 4.41. The van der Waals surface area contributed by atoms with Gasteiger partial charge in [-0.05, 0) is 25.5 Å². The molecule has 3 nitrogen and oxygen atoms in total. The Morgan fingerprint density at radius 1 is 1.28 bits per heavy atom. The molecule has 3 heteroatoms. The Balaban J connectivity index is 2.38. The van der Waals surface area contributed by atoms with Crippen molar-refractivity contribution >= 4 is 5.97 Å². The molecule has 0 aliphatic carbocycles. The van der Waals surface area contributed by atoms with E-state index in [0.29, 0.717) is 13.0 Å². The van der Waals surface area contributed by atoms with E-state index in [2.05, 4.69) is 12.2 Å². The van der Waals surface area contributed by atoms with Crippen molar-refractivity contribution < 1.29 is 9.53 Å². The maximum absolute atomic E-state index is 11.9. The summed E-state index contributed by atoms with van der Waals surface area (Å²) in [7, 11) is 1.79. The molecule has 0 saturated heterocycles. The van der Waals surface area contributed by atoms with E-state index in [1.54, 1.807) is 7.05 Å². The van der Waals surface area contributed by atoms with Crippen LogP contribution in [0.2, 0.25) is 0 Å². The molecule has 0 spiro atoms. The van der Waals surface area contributed by atoms with Crippen LogP contribution in [0.3, 0.4) is 0 Å². The van der Waals surface area contributed by atoms with Gasteiger partial charge in [0.25, 0.3) is 0 Å². The summed E-state index contributed by atoms with van der Waals surface area (Å²) in [4.78, 5) is 11.9. The lowest BCUT2D eigenvalue weighted by Crippen LogP contribution is -2.37. The van der Waals surface area contributed by atoms with Crippen LogP contribution >= 0.6 is 0 Å². The number of carbonyl (C=O) groups is 1. The van der Waals surface area contributed by atoms with Crippen molar-refractivity contribution in [1.82, 2.24) is 5.32 Å². The molecular formula is C15H23NO2. The van der Waals surface area contributed by atoms with Gasteiger partial charge in [-0.15, -0.1) is 0 Å². The molecule has 0 unspecified atom stereocenters. The van der Waals surface area contributed by atoms with Crippen molar-refractivity contribution in [2.75, 3.05) is 13.7 Å². The molecule has 0 heterocycles. The highest BCUT2D eigenvalue weighted by atomic mass is 16.5. The van der Waals surface area contributed by atoms with Crippen molar-refractivity contribution in [2.24, 2.45) is 0 Å². The Bertz CT molecular complexity index is 338. The molecule has 1 atom stereocenters. The van der Waals surface area contributed by atoms with E-state index in [4.69, 9.17) is 4.74 Å². The largest absolute Gasteiger partial charge is 0.465 e. The third-order valence-electron chi connectivity index (χ3n) is 2.91. The van der Waals surface area contributed by atoms with E-state index in [1.165, 1.54) is 0 Å². The van der Waals surface area contributed by atoms with Crippen LogP contribution in [0, 0.1) is 0 Å². The highest BCUT2D eigenvalue weighted by Crippen LogP contribution is 2.05. The van der Waals surface area contributed by atoms with E-state index in [9.17, 15) is 4.79 Å². The molecular weight excluding hydrogens is 226 g/mol. The maximum atomic E-state index is 11.9. The molecule has 0 bridgehead atoms. The van der Waals surface area contributed by atoms with Gasteiger partial charge in [0, 0.05) is 0 Å². The van der Waals surface area contributed by atoms with Crippen LogP contribution in [0.5, 0.6) is 0 Å². The maximum Gasteiger partial charge on any atom is 0.323 e. The quantitative estimate of drug-likeness (QED) is 0.568. The molecule has 0 aliphatic heterocycles. The van der Waals surface area contributed by atoms with Gasteiger partial charge in [0.1, 0.15) is 6.04 Å². The number of unbranched alkanes of at least 4 members (excludes halogenated alkanes) is 2. The van der Waals surface area contributed by atoms with Crippen molar-refractivity contribution in [3.05, 3.63) is 35.9 Å². The molecule has 0 saturated carbocycles. The zero-order valence-corrected chi connectivity index (χ0v) is 11.3. The molecule has 0 amide bonds. The lowest BCUT2D eigenvalue weighted by atomic mass is 10.1. The number of ether oxygens (including phenoxy) is 1. The van der Waals surface area contributed by atoms with Crippen molar-refractivity contribution in [3.8, 4) is 0 Å². The van der Waals surface area contributed by atoms with Gasteiger partial charge in [-0.1, -0.05) is 50.1 Å². The van der Waals surface area contributed by atoms with Gasteiger partial charge < -0.3 is 10.1 Å². The number of likely N-dealkylation sites (N-methyl/N-ethyl adjacent to an activating group) is 1. The fourth-order valence-corrected chi connectivity index (χ4v) is 1.78. The summed E-state index contributed by atoms with van der Waals surface area (Å²) in [5.74, 6) is -0.155. The van der Waals surface area contributed by atoms with Gasteiger partial charge in [-0.2, -0.15) is 0 Å². The second kappa shape index (κ2) is 8.70. The summed E-state index contributed by atoms with van der Waals surface area (Å²) >= 11 is 0. The first-order valence-electron chi connectivity index (χ1n) is 6.65. The fraction of sp³-hybridized carbons (Fsp3) is 0.533. The van der Waals surface area contributed by atoms with Gasteiger partial charge in [-0.3, -0.25) is 4.79 Å². The lowest BCUT2D eigenvalue weighted by Gasteiger charge is -2.15. The summed E-state index contributed by atoms with van der Waals surface area (Å²) in [6, 6.07) is 9.72. The normalized spacial score (nSPS) is 12.1.